The lowest BCUT2D eigenvalue weighted by atomic mass is 10.0. The summed E-state index contributed by atoms with van der Waals surface area (Å²) in [5.74, 6) is -0.0145. The minimum atomic E-state index is -0.0145. The lowest BCUT2D eigenvalue weighted by molar-refractivity contribution is -0.118. The van der Waals surface area contributed by atoms with Crippen LogP contribution in [0.1, 0.15) is 31.9 Å². The fourth-order valence-electron chi connectivity index (χ4n) is 1.71. The molecule has 1 amide bonds. The average molecular weight is 289 g/mol. The Balaban J connectivity index is 2.54. The Hall–Kier alpha value is -0.770. The predicted molar refractivity (Wildman–Crippen MR) is 76.2 cm³/mol. The van der Waals surface area contributed by atoms with Crippen molar-refractivity contribution < 1.29 is 4.79 Å². The number of halogens is 2. The molecule has 0 aliphatic rings. The van der Waals surface area contributed by atoms with Crippen molar-refractivity contribution in [3.05, 3.63) is 33.8 Å². The van der Waals surface area contributed by atoms with Crippen LogP contribution in [0, 0.1) is 0 Å². The quantitative estimate of drug-likeness (QED) is 0.790. The molecule has 0 aliphatic carbocycles. The van der Waals surface area contributed by atoms with Gasteiger partial charge >= 0.3 is 0 Å². The van der Waals surface area contributed by atoms with E-state index in [0.29, 0.717) is 16.6 Å². The summed E-state index contributed by atoms with van der Waals surface area (Å²) in [5, 5.41) is 7.25. The van der Waals surface area contributed by atoms with Gasteiger partial charge in [-0.3, -0.25) is 4.79 Å². The molecule has 0 aromatic heterocycles. The van der Waals surface area contributed by atoms with Gasteiger partial charge in [0.25, 0.3) is 0 Å². The van der Waals surface area contributed by atoms with Gasteiger partial charge in [0, 0.05) is 26.1 Å². The van der Waals surface area contributed by atoms with Crippen LogP contribution in [0.3, 0.4) is 0 Å². The minimum absolute atomic E-state index is 0.0145. The third-order valence-electron chi connectivity index (χ3n) is 2.64. The van der Waals surface area contributed by atoms with Crippen molar-refractivity contribution in [2.24, 2.45) is 0 Å². The molecule has 2 N–H and O–H groups in total. The van der Waals surface area contributed by atoms with Crippen molar-refractivity contribution in [1.82, 2.24) is 10.6 Å². The molecule has 3 nitrogen and oxygen atoms in total. The molecule has 0 saturated heterocycles. The Morgan fingerprint density at radius 3 is 2.56 bits per heavy atom. The van der Waals surface area contributed by atoms with Crippen molar-refractivity contribution in [3.63, 3.8) is 0 Å². The highest BCUT2D eigenvalue weighted by atomic mass is 35.5. The molecule has 0 saturated carbocycles. The summed E-state index contributed by atoms with van der Waals surface area (Å²) in [6.07, 6.45) is 0.942. The zero-order valence-electron chi connectivity index (χ0n) is 10.6. The van der Waals surface area contributed by atoms with Gasteiger partial charge in [-0.05, 0) is 24.1 Å². The Kier molecular flexibility index (Phi) is 6.47. The van der Waals surface area contributed by atoms with Crippen LogP contribution < -0.4 is 10.6 Å². The van der Waals surface area contributed by atoms with Gasteiger partial charge in [0.2, 0.25) is 5.91 Å². The van der Waals surface area contributed by atoms with E-state index in [1.165, 1.54) is 6.92 Å². The van der Waals surface area contributed by atoms with Gasteiger partial charge < -0.3 is 10.6 Å². The lowest BCUT2D eigenvalue weighted by Crippen LogP contribution is -2.32. The Morgan fingerprint density at radius 1 is 1.28 bits per heavy atom. The second-order valence-electron chi connectivity index (χ2n) is 4.07. The Morgan fingerprint density at radius 2 is 2.00 bits per heavy atom. The van der Waals surface area contributed by atoms with E-state index in [9.17, 15) is 4.79 Å². The first-order valence-electron chi connectivity index (χ1n) is 5.97. The topological polar surface area (TPSA) is 41.1 Å². The number of carbonyl (C=O) groups excluding carboxylic acids is 1. The van der Waals surface area contributed by atoms with E-state index >= 15 is 0 Å². The van der Waals surface area contributed by atoms with Crippen LogP contribution in [0.25, 0.3) is 0 Å². The molecule has 0 bridgehead atoms. The molecule has 1 unspecified atom stereocenters. The first-order valence-corrected chi connectivity index (χ1v) is 6.73. The van der Waals surface area contributed by atoms with Crippen LogP contribution in [-0.2, 0) is 4.79 Å². The average Bonchev–Trinajstić information content (AvgIpc) is 2.33. The molecule has 1 atom stereocenters. The number of rotatable bonds is 6. The summed E-state index contributed by atoms with van der Waals surface area (Å²) in [7, 11) is 0. The van der Waals surface area contributed by atoms with Gasteiger partial charge in [-0.1, -0.05) is 36.2 Å². The maximum Gasteiger partial charge on any atom is 0.216 e. The second-order valence-corrected chi connectivity index (χ2v) is 4.89. The van der Waals surface area contributed by atoms with E-state index in [1.807, 2.05) is 12.1 Å². The van der Waals surface area contributed by atoms with Crippen molar-refractivity contribution in [1.29, 1.82) is 0 Å². The monoisotopic (exact) mass is 288 g/mol. The highest BCUT2D eigenvalue weighted by molar-refractivity contribution is 6.42. The van der Waals surface area contributed by atoms with Crippen molar-refractivity contribution in [2.45, 2.75) is 26.3 Å². The van der Waals surface area contributed by atoms with E-state index < -0.39 is 0 Å². The van der Waals surface area contributed by atoms with Gasteiger partial charge in [0.1, 0.15) is 0 Å². The standard InChI is InChI=1S/C13H18Cl2N2O/c1-3-13(17-7-6-16-9(2)18)10-4-5-11(14)12(15)8-10/h4-5,8,13,17H,3,6-7H2,1-2H3,(H,16,18). The van der Waals surface area contributed by atoms with Crippen molar-refractivity contribution in [3.8, 4) is 0 Å². The van der Waals surface area contributed by atoms with Crippen LogP contribution in [-0.4, -0.2) is 19.0 Å². The Bertz CT molecular complexity index is 410. The SMILES string of the molecule is CCC(NCCNC(C)=O)c1ccc(Cl)c(Cl)c1. The van der Waals surface area contributed by atoms with Crippen LogP contribution in [0.2, 0.25) is 10.0 Å². The number of hydrogen-bond acceptors (Lipinski definition) is 2. The summed E-state index contributed by atoms with van der Waals surface area (Å²) in [5.41, 5.74) is 1.11. The number of carbonyl (C=O) groups is 1. The summed E-state index contributed by atoms with van der Waals surface area (Å²) in [4.78, 5) is 10.7. The third kappa shape index (κ3) is 4.84. The predicted octanol–water partition coefficient (Wildman–Crippen LogP) is 3.17. The number of nitrogens with one attached hydrogen (secondary N) is 2. The molecule has 1 aromatic rings. The zero-order chi connectivity index (χ0) is 13.5. The smallest absolute Gasteiger partial charge is 0.216 e. The van der Waals surface area contributed by atoms with E-state index in [-0.39, 0.29) is 11.9 Å². The largest absolute Gasteiger partial charge is 0.355 e. The summed E-state index contributed by atoms with van der Waals surface area (Å²) >= 11 is 11.9. The van der Waals surface area contributed by atoms with Crippen LogP contribution in [0.4, 0.5) is 0 Å². The molecule has 0 aliphatic heterocycles. The molecule has 0 fully saturated rings. The highest BCUT2D eigenvalue weighted by Crippen LogP contribution is 2.26. The summed E-state index contributed by atoms with van der Waals surface area (Å²) in [6, 6.07) is 5.86. The molecule has 0 heterocycles. The number of amides is 1. The molecular formula is C13H18Cl2N2O. The van der Waals surface area contributed by atoms with Gasteiger partial charge in [-0.25, -0.2) is 0 Å². The van der Waals surface area contributed by atoms with E-state index in [2.05, 4.69) is 17.6 Å². The normalized spacial score (nSPS) is 12.2. The molecule has 0 spiro atoms. The molecule has 18 heavy (non-hydrogen) atoms. The van der Waals surface area contributed by atoms with E-state index in [4.69, 9.17) is 23.2 Å². The molecule has 1 rings (SSSR count). The maximum absolute atomic E-state index is 10.7. The highest BCUT2D eigenvalue weighted by Gasteiger charge is 2.10. The fraction of sp³-hybridized carbons (Fsp3) is 0.462. The van der Waals surface area contributed by atoms with E-state index in [1.54, 1.807) is 6.07 Å². The van der Waals surface area contributed by atoms with Gasteiger partial charge in [0.15, 0.2) is 0 Å². The zero-order valence-corrected chi connectivity index (χ0v) is 12.1. The molecule has 100 valence electrons. The van der Waals surface area contributed by atoms with E-state index in [0.717, 1.165) is 18.5 Å². The van der Waals surface area contributed by atoms with Crippen LogP contribution >= 0.6 is 23.2 Å². The fourth-order valence-corrected chi connectivity index (χ4v) is 2.02. The first-order chi connectivity index (χ1) is 8.54. The number of hydrogen-bond donors (Lipinski definition) is 2. The molecular weight excluding hydrogens is 271 g/mol. The van der Waals surface area contributed by atoms with Crippen LogP contribution in [0.15, 0.2) is 18.2 Å². The van der Waals surface area contributed by atoms with Crippen LogP contribution in [0.5, 0.6) is 0 Å². The number of benzene rings is 1. The molecule has 5 heteroatoms. The molecule has 0 radical (unpaired) electrons. The van der Waals surface area contributed by atoms with Crippen molar-refractivity contribution >= 4 is 29.1 Å². The lowest BCUT2D eigenvalue weighted by Gasteiger charge is -2.18. The molecule has 1 aromatic carbocycles. The minimum Gasteiger partial charge on any atom is -0.355 e. The maximum atomic E-state index is 10.7. The first kappa shape index (κ1) is 15.3. The third-order valence-corrected chi connectivity index (χ3v) is 3.38. The Labute approximate surface area is 118 Å². The van der Waals surface area contributed by atoms with Gasteiger partial charge in [-0.2, -0.15) is 0 Å². The second kappa shape index (κ2) is 7.62. The van der Waals surface area contributed by atoms with Crippen molar-refractivity contribution in [2.75, 3.05) is 13.1 Å². The van der Waals surface area contributed by atoms with Gasteiger partial charge in [-0.15, -0.1) is 0 Å². The van der Waals surface area contributed by atoms with Gasteiger partial charge in [0.05, 0.1) is 10.0 Å². The summed E-state index contributed by atoms with van der Waals surface area (Å²) < 4.78 is 0. The summed E-state index contributed by atoms with van der Waals surface area (Å²) in [6.45, 7) is 4.94.